The molecule has 0 bridgehead atoms. The van der Waals surface area contributed by atoms with Crippen LogP contribution in [-0.2, 0) is 10.0 Å². The van der Waals surface area contributed by atoms with E-state index in [1.54, 1.807) is 12.1 Å². The average Bonchev–Trinajstić information content (AvgIpc) is 3.06. The number of sulfonamides is 1. The number of unbranched alkanes of at least 4 members (excludes halogenated alkanes) is 3. The third-order valence-corrected chi connectivity index (χ3v) is 5.15. The Bertz CT molecular complexity index is 714. The molecule has 24 heavy (non-hydrogen) atoms. The Kier molecular flexibility index (Phi) is 6.25. The van der Waals surface area contributed by atoms with Crippen molar-refractivity contribution in [3.8, 4) is 0 Å². The van der Waals surface area contributed by atoms with Gasteiger partial charge in [0.15, 0.2) is 0 Å². The molecule has 0 saturated carbocycles. The molecule has 132 valence electrons. The first-order chi connectivity index (χ1) is 11.4. The summed E-state index contributed by atoms with van der Waals surface area (Å²) in [5, 5.41) is 10.9. The third kappa shape index (κ3) is 4.74. The SMILES string of the molecule is CCCCCCN1C=CN(C)C1.O=S1(=O)N=C([O-])c2ccccc21. The zero-order valence-corrected chi connectivity index (χ0v) is 15.0. The summed E-state index contributed by atoms with van der Waals surface area (Å²) < 4.78 is 25.2. The van der Waals surface area contributed by atoms with Gasteiger partial charge in [-0.1, -0.05) is 44.4 Å². The maximum absolute atomic E-state index is 11.1. The summed E-state index contributed by atoms with van der Waals surface area (Å²) in [6.45, 7) is 4.55. The molecule has 0 fully saturated rings. The van der Waals surface area contributed by atoms with Crippen molar-refractivity contribution in [1.82, 2.24) is 9.80 Å². The molecule has 0 aromatic heterocycles. The number of nitrogens with zero attached hydrogens (tertiary/aromatic N) is 3. The van der Waals surface area contributed by atoms with E-state index in [0.717, 1.165) is 6.67 Å². The lowest BCUT2D eigenvalue weighted by atomic mass is 10.2. The lowest BCUT2D eigenvalue weighted by Gasteiger charge is -2.17. The first-order valence-electron chi connectivity index (χ1n) is 8.18. The maximum Gasteiger partial charge on any atom is 0.282 e. The smallest absolute Gasteiger partial charge is 0.282 e. The topological polar surface area (TPSA) is 76.0 Å². The molecule has 0 unspecified atom stereocenters. The minimum absolute atomic E-state index is 0.00926. The van der Waals surface area contributed by atoms with Gasteiger partial charge in [-0.15, -0.1) is 0 Å². The molecule has 2 heterocycles. The van der Waals surface area contributed by atoms with E-state index in [-0.39, 0.29) is 10.5 Å². The van der Waals surface area contributed by atoms with Crippen molar-refractivity contribution in [2.24, 2.45) is 4.40 Å². The van der Waals surface area contributed by atoms with Gasteiger partial charge in [-0.25, -0.2) is 0 Å². The van der Waals surface area contributed by atoms with Crippen LogP contribution in [0.1, 0.15) is 38.2 Å². The zero-order valence-electron chi connectivity index (χ0n) is 14.2. The normalized spacial score (nSPS) is 17.3. The Morgan fingerprint density at radius 3 is 2.54 bits per heavy atom. The van der Waals surface area contributed by atoms with Crippen LogP contribution >= 0.6 is 0 Å². The summed E-state index contributed by atoms with van der Waals surface area (Å²) in [4.78, 5) is 4.59. The maximum atomic E-state index is 11.1. The van der Waals surface area contributed by atoms with Crippen LogP contribution in [0.5, 0.6) is 0 Å². The molecule has 0 atom stereocenters. The van der Waals surface area contributed by atoms with E-state index in [2.05, 4.69) is 40.6 Å². The van der Waals surface area contributed by atoms with Gasteiger partial charge in [0.05, 0.1) is 11.6 Å². The predicted molar refractivity (Wildman–Crippen MR) is 92.8 cm³/mol. The van der Waals surface area contributed by atoms with E-state index < -0.39 is 15.9 Å². The van der Waals surface area contributed by atoms with Gasteiger partial charge >= 0.3 is 0 Å². The highest BCUT2D eigenvalue weighted by Gasteiger charge is 2.22. The number of benzene rings is 1. The fraction of sp³-hybridized carbons (Fsp3) is 0.471. The molecule has 0 radical (unpaired) electrons. The van der Waals surface area contributed by atoms with Crippen LogP contribution in [0.3, 0.4) is 0 Å². The molecule has 2 aliphatic heterocycles. The summed E-state index contributed by atoms with van der Waals surface area (Å²) in [6.07, 6.45) is 9.76. The van der Waals surface area contributed by atoms with Crippen molar-refractivity contribution in [3.05, 3.63) is 42.2 Å². The lowest BCUT2D eigenvalue weighted by Crippen LogP contribution is -2.23. The summed E-state index contributed by atoms with van der Waals surface area (Å²) in [5.74, 6) is -0.675. The second-order valence-corrected chi connectivity index (χ2v) is 7.51. The van der Waals surface area contributed by atoms with Crippen LogP contribution < -0.4 is 5.11 Å². The predicted octanol–water partition coefficient (Wildman–Crippen LogP) is 1.74. The first-order valence-corrected chi connectivity index (χ1v) is 9.62. The molecule has 7 heteroatoms. The monoisotopic (exact) mass is 350 g/mol. The van der Waals surface area contributed by atoms with Crippen molar-refractivity contribution < 1.29 is 13.5 Å². The van der Waals surface area contributed by atoms with Crippen LogP contribution in [0.2, 0.25) is 0 Å². The van der Waals surface area contributed by atoms with Gasteiger partial charge in [-0.2, -0.15) is 12.8 Å². The van der Waals surface area contributed by atoms with E-state index in [4.69, 9.17) is 0 Å². The molecule has 1 aromatic rings. The minimum Gasteiger partial charge on any atom is -0.858 e. The second-order valence-electron chi connectivity index (χ2n) is 5.94. The van der Waals surface area contributed by atoms with Crippen molar-refractivity contribution in [3.63, 3.8) is 0 Å². The molecule has 0 amide bonds. The summed E-state index contributed by atoms with van der Waals surface area (Å²) in [7, 11) is -1.57. The molecule has 1 aromatic carbocycles. The third-order valence-electron chi connectivity index (χ3n) is 3.83. The van der Waals surface area contributed by atoms with Crippen LogP contribution in [-0.4, -0.2) is 44.4 Å². The van der Waals surface area contributed by atoms with Crippen LogP contribution in [0.25, 0.3) is 0 Å². The highest BCUT2D eigenvalue weighted by Crippen LogP contribution is 2.23. The van der Waals surface area contributed by atoms with Crippen LogP contribution in [0.15, 0.2) is 46.0 Å². The summed E-state index contributed by atoms with van der Waals surface area (Å²) in [5.41, 5.74) is 0.164. The van der Waals surface area contributed by atoms with Gasteiger partial charge < -0.3 is 14.9 Å². The van der Waals surface area contributed by atoms with Gasteiger partial charge in [-0.3, -0.25) is 0 Å². The molecular formula is C17H24N3O3S-. The molecule has 0 aliphatic carbocycles. The van der Waals surface area contributed by atoms with Crippen LogP contribution in [0.4, 0.5) is 0 Å². The van der Waals surface area contributed by atoms with E-state index >= 15 is 0 Å². The minimum atomic E-state index is -3.68. The van der Waals surface area contributed by atoms with Crippen molar-refractivity contribution in [2.75, 3.05) is 20.3 Å². The Morgan fingerprint density at radius 1 is 1.17 bits per heavy atom. The van der Waals surface area contributed by atoms with E-state index in [0.29, 0.717) is 0 Å². The van der Waals surface area contributed by atoms with Gasteiger partial charge in [-0.05, 0) is 12.5 Å². The van der Waals surface area contributed by atoms with Crippen molar-refractivity contribution >= 4 is 15.9 Å². The molecule has 2 aliphatic rings. The molecule has 3 rings (SSSR count). The fourth-order valence-corrected chi connectivity index (χ4v) is 3.65. The zero-order chi connectivity index (χ0) is 17.6. The summed E-state index contributed by atoms with van der Waals surface area (Å²) >= 11 is 0. The lowest BCUT2D eigenvalue weighted by molar-refractivity contribution is -0.212. The van der Waals surface area contributed by atoms with E-state index in [9.17, 15) is 13.5 Å². The molecule has 6 nitrogen and oxygen atoms in total. The number of hydrogen-bond acceptors (Lipinski definition) is 5. The van der Waals surface area contributed by atoms with E-state index in [1.165, 1.54) is 44.4 Å². The number of hydrogen-bond donors (Lipinski definition) is 0. The Hall–Kier alpha value is -2.02. The van der Waals surface area contributed by atoms with E-state index in [1.807, 2.05) is 0 Å². The highest BCUT2D eigenvalue weighted by molar-refractivity contribution is 7.90. The molecular weight excluding hydrogens is 326 g/mol. The Morgan fingerprint density at radius 2 is 1.92 bits per heavy atom. The standard InChI is InChI=1S/C10H20N2.C7H5NO3S/c1-3-4-5-6-7-12-9-8-11(2)10-12;9-7-5-3-1-2-4-6(5)12(10,11)8-7/h8-9H,3-7,10H2,1-2H3;1-4H,(H,8,9)/p-1. The molecule has 0 N–H and O–H groups in total. The number of rotatable bonds is 5. The van der Waals surface area contributed by atoms with Crippen molar-refractivity contribution in [1.29, 1.82) is 0 Å². The van der Waals surface area contributed by atoms with Gasteiger partial charge in [0.1, 0.15) is 0 Å². The largest absolute Gasteiger partial charge is 0.858 e. The van der Waals surface area contributed by atoms with Crippen LogP contribution in [0, 0.1) is 0 Å². The van der Waals surface area contributed by atoms with Gasteiger partial charge in [0, 0.05) is 37.5 Å². The van der Waals surface area contributed by atoms with Gasteiger partial charge in [0.25, 0.3) is 10.0 Å². The second kappa shape index (κ2) is 8.19. The summed E-state index contributed by atoms with van der Waals surface area (Å²) in [6, 6.07) is 5.99. The Labute approximate surface area is 144 Å². The number of fused-ring (bicyclic) bond motifs is 1. The fourth-order valence-electron chi connectivity index (χ4n) is 2.55. The quantitative estimate of drug-likeness (QED) is 0.756. The highest BCUT2D eigenvalue weighted by atomic mass is 32.2. The van der Waals surface area contributed by atoms with Gasteiger partial charge in [0.2, 0.25) is 0 Å². The average molecular weight is 350 g/mol. The molecule has 0 saturated heterocycles. The first kappa shape index (κ1) is 18.3. The Balaban J connectivity index is 0.000000174. The van der Waals surface area contributed by atoms with Crippen molar-refractivity contribution in [2.45, 2.75) is 37.5 Å². The molecule has 0 spiro atoms.